The Bertz CT molecular complexity index is 468. The SMILES string of the molecule is C[C@@H]1C[C@@H](C)CN(CC(=O)NCCc2cccc(Cl)c2)C1. The summed E-state index contributed by atoms with van der Waals surface area (Å²) in [4.78, 5) is 14.3. The van der Waals surface area contributed by atoms with Crippen molar-refractivity contribution in [3.8, 4) is 0 Å². The Balaban J connectivity index is 1.70. The van der Waals surface area contributed by atoms with Crippen molar-refractivity contribution < 1.29 is 4.79 Å². The van der Waals surface area contributed by atoms with E-state index in [1.165, 1.54) is 6.42 Å². The van der Waals surface area contributed by atoms with Crippen LogP contribution in [0.1, 0.15) is 25.8 Å². The summed E-state index contributed by atoms with van der Waals surface area (Å²) in [5.74, 6) is 1.50. The highest BCUT2D eigenvalue weighted by atomic mass is 35.5. The van der Waals surface area contributed by atoms with E-state index >= 15 is 0 Å². The predicted molar refractivity (Wildman–Crippen MR) is 87.6 cm³/mol. The number of carbonyl (C=O) groups is 1. The fourth-order valence-electron chi connectivity index (χ4n) is 3.22. The number of likely N-dealkylation sites (tertiary alicyclic amines) is 1. The Labute approximate surface area is 132 Å². The van der Waals surface area contributed by atoms with Crippen molar-refractivity contribution in [2.24, 2.45) is 11.8 Å². The first kappa shape index (κ1) is 16.3. The molecule has 116 valence electrons. The number of halogens is 1. The van der Waals surface area contributed by atoms with Gasteiger partial charge in [0.05, 0.1) is 6.54 Å². The largest absolute Gasteiger partial charge is 0.355 e. The second-order valence-corrected chi connectivity index (χ2v) is 6.81. The summed E-state index contributed by atoms with van der Waals surface area (Å²) in [6, 6.07) is 7.78. The molecular formula is C17H25ClN2O. The van der Waals surface area contributed by atoms with Crippen LogP contribution in [0, 0.1) is 11.8 Å². The van der Waals surface area contributed by atoms with Gasteiger partial charge in [-0.25, -0.2) is 0 Å². The molecule has 0 radical (unpaired) electrons. The minimum atomic E-state index is 0.123. The van der Waals surface area contributed by atoms with Gasteiger partial charge in [-0.15, -0.1) is 0 Å². The molecule has 21 heavy (non-hydrogen) atoms. The van der Waals surface area contributed by atoms with Gasteiger partial charge >= 0.3 is 0 Å². The molecule has 0 saturated carbocycles. The second kappa shape index (κ2) is 7.81. The molecule has 1 amide bonds. The molecule has 0 aliphatic carbocycles. The van der Waals surface area contributed by atoms with Crippen LogP contribution in [0.4, 0.5) is 0 Å². The van der Waals surface area contributed by atoms with E-state index in [1.54, 1.807) is 0 Å². The van der Waals surface area contributed by atoms with Gasteiger partial charge in [0.1, 0.15) is 0 Å². The zero-order valence-electron chi connectivity index (χ0n) is 12.9. The van der Waals surface area contributed by atoms with E-state index in [2.05, 4.69) is 24.1 Å². The number of amides is 1. The van der Waals surface area contributed by atoms with Crippen LogP contribution in [-0.4, -0.2) is 37.0 Å². The average molecular weight is 309 g/mol. The van der Waals surface area contributed by atoms with Crippen LogP contribution >= 0.6 is 11.6 Å². The Morgan fingerprint density at radius 1 is 1.33 bits per heavy atom. The zero-order chi connectivity index (χ0) is 15.2. The monoisotopic (exact) mass is 308 g/mol. The van der Waals surface area contributed by atoms with Crippen LogP contribution in [0.2, 0.25) is 5.02 Å². The number of carbonyl (C=O) groups excluding carboxylic acids is 1. The van der Waals surface area contributed by atoms with E-state index in [0.717, 1.165) is 30.1 Å². The van der Waals surface area contributed by atoms with Crippen LogP contribution in [0.15, 0.2) is 24.3 Å². The molecule has 1 saturated heterocycles. The molecule has 1 N–H and O–H groups in total. The third-order valence-corrected chi connectivity index (χ3v) is 4.17. The lowest BCUT2D eigenvalue weighted by molar-refractivity contribution is -0.122. The number of hydrogen-bond acceptors (Lipinski definition) is 2. The Morgan fingerprint density at radius 2 is 2.05 bits per heavy atom. The number of rotatable bonds is 5. The Hall–Kier alpha value is -1.06. The first-order chi connectivity index (χ1) is 10.0. The zero-order valence-corrected chi connectivity index (χ0v) is 13.7. The van der Waals surface area contributed by atoms with E-state index < -0.39 is 0 Å². The molecule has 0 spiro atoms. The van der Waals surface area contributed by atoms with Gasteiger partial charge < -0.3 is 5.32 Å². The molecule has 1 heterocycles. The van der Waals surface area contributed by atoms with Crippen LogP contribution in [0.5, 0.6) is 0 Å². The highest BCUT2D eigenvalue weighted by molar-refractivity contribution is 6.30. The van der Waals surface area contributed by atoms with Gasteiger partial charge in [0.2, 0.25) is 5.91 Å². The summed E-state index contributed by atoms with van der Waals surface area (Å²) in [5.41, 5.74) is 1.16. The lowest BCUT2D eigenvalue weighted by Crippen LogP contribution is -2.44. The molecule has 0 bridgehead atoms. The summed E-state index contributed by atoms with van der Waals surface area (Å²) < 4.78 is 0. The minimum Gasteiger partial charge on any atom is -0.355 e. The van der Waals surface area contributed by atoms with Crippen molar-refractivity contribution in [3.63, 3.8) is 0 Å². The highest BCUT2D eigenvalue weighted by Crippen LogP contribution is 2.20. The van der Waals surface area contributed by atoms with Crippen molar-refractivity contribution in [3.05, 3.63) is 34.9 Å². The van der Waals surface area contributed by atoms with E-state index in [1.807, 2.05) is 24.3 Å². The normalized spacial score (nSPS) is 23.0. The molecule has 1 fully saturated rings. The van der Waals surface area contributed by atoms with Crippen LogP contribution < -0.4 is 5.32 Å². The van der Waals surface area contributed by atoms with Crippen molar-refractivity contribution in [1.82, 2.24) is 10.2 Å². The van der Waals surface area contributed by atoms with Crippen LogP contribution in [0.3, 0.4) is 0 Å². The molecular weight excluding hydrogens is 284 g/mol. The fourth-order valence-corrected chi connectivity index (χ4v) is 3.43. The maximum Gasteiger partial charge on any atom is 0.234 e. The number of nitrogens with zero attached hydrogens (tertiary/aromatic N) is 1. The smallest absolute Gasteiger partial charge is 0.234 e. The maximum atomic E-state index is 12.0. The topological polar surface area (TPSA) is 32.3 Å². The molecule has 0 unspecified atom stereocenters. The molecule has 2 rings (SSSR count). The molecule has 1 aromatic carbocycles. The van der Waals surface area contributed by atoms with Gasteiger partial charge in [0.25, 0.3) is 0 Å². The summed E-state index contributed by atoms with van der Waals surface area (Å²) in [6.07, 6.45) is 2.09. The van der Waals surface area contributed by atoms with Crippen molar-refractivity contribution >= 4 is 17.5 Å². The number of hydrogen-bond donors (Lipinski definition) is 1. The molecule has 2 atom stereocenters. The summed E-state index contributed by atoms with van der Waals surface area (Å²) in [7, 11) is 0. The van der Waals surface area contributed by atoms with Gasteiger partial charge in [-0.1, -0.05) is 37.6 Å². The predicted octanol–water partition coefficient (Wildman–Crippen LogP) is 2.98. The maximum absolute atomic E-state index is 12.0. The first-order valence-corrected chi connectivity index (χ1v) is 8.14. The van der Waals surface area contributed by atoms with E-state index in [4.69, 9.17) is 11.6 Å². The van der Waals surface area contributed by atoms with Crippen molar-refractivity contribution in [2.75, 3.05) is 26.2 Å². The Kier molecular flexibility index (Phi) is 6.07. The lowest BCUT2D eigenvalue weighted by Gasteiger charge is -2.34. The van der Waals surface area contributed by atoms with Gasteiger partial charge in [-0.3, -0.25) is 9.69 Å². The number of benzene rings is 1. The highest BCUT2D eigenvalue weighted by Gasteiger charge is 2.22. The Morgan fingerprint density at radius 3 is 2.71 bits per heavy atom. The summed E-state index contributed by atoms with van der Waals surface area (Å²) in [6.45, 7) is 7.78. The van der Waals surface area contributed by atoms with Crippen LogP contribution in [-0.2, 0) is 11.2 Å². The van der Waals surface area contributed by atoms with Crippen molar-refractivity contribution in [2.45, 2.75) is 26.7 Å². The average Bonchev–Trinajstić information content (AvgIpc) is 2.37. The molecule has 1 aliphatic heterocycles. The summed E-state index contributed by atoms with van der Waals surface area (Å²) >= 11 is 5.95. The molecule has 0 aromatic heterocycles. The van der Waals surface area contributed by atoms with Gasteiger partial charge in [-0.2, -0.15) is 0 Å². The fraction of sp³-hybridized carbons (Fsp3) is 0.588. The lowest BCUT2D eigenvalue weighted by atomic mass is 9.92. The van der Waals surface area contributed by atoms with Crippen molar-refractivity contribution in [1.29, 1.82) is 0 Å². The van der Waals surface area contributed by atoms with Gasteiger partial charge in [0, 0.05) is 24.7 Å². The third kappa shape index (κ3) is 5.68. The minimum absolute atomic E-state index is 0.123. The third-order valence-electron chi connectivity index (χ3n) is 3.94. The van der Waals surface area contributed by atoms with E-state index in [0.29, 0.717) is 24.9 Å². The molecule has 4 heteroatoms. The van der Waals surface area contributed by atoms with Crippen LogP contribution in [0.25, 0.3) is 0 Å². The standard InChI is InChI=1S/C17H25ClN2O/c1-13-8-14(2)11-20(10-13)12-17(21)19-7-6-15-4-3-5-16(18)9-15/h3-5,9,13-14H,6-8,10-12H2,1-2H3,(H,19,21)/t13-,14-/m1/s1. The molecule has 1 aliphatic rings. The number of nitrogens with one attached hydrogen (secondary N) is 1. The summed E-state index contributed by atoms with van der Waals surface area (Å²) in [5, 5.41) is 3.75. The second-order valence-electron chi connectivity index (χ2n) is 6.37. The first-order valence-electron chi connectivity index (χ1n) is 7.76. The van der Waals surface area contributed by atoms with E-state index in [-0.39, 0.29) is 5.91 Å². The van der Waals surface area contributed by atoms with E-state index in [9.17, 15) is 4.79 Å². The van der Waals surface area contributed by atoms with Gasteiger partial charge in [0.15, 0.2) is 0 Å². The van der Waals surface area contributed by atoms with Gasteiger partial charge in [-0.05, 0) is 42.4 Å². The quantitative estimate of drug-likeness (QED) is 0.907. The molecule has 3 nitrogen and oxygen atoms in total. The number of piperidine rings is 1. The molecule has 1 aromatic rings.